The van der Waals surface area contributed by atoms with Gasteiger partial charge in [-0.3, -0.25) is 9.69 Å². The number of anilines is 1. The number of aliphatic carboxylic acids is 1. The van der Waals surface area contributed by atoms with Crippen LogP contribution < -0.4 is 10.2 Å². The molecule has 184 valence electrons. The normalized spacial score (nSPS) is 14.0. The quantitative estimate of drug-likeness (QED) is 0.312. The molecule has 5 nitrogen and oxygen atoms in total. The highest BCUT2D eigenvalue weighted by molar-refractivity contribution is 7.99. The van der Waals surface area contributed by atoms with Gasteiger partial charge in [-0.1, -0.05) is 75.8 Å². The van der Waals surface area contributed by atoms with Crippen LogP contribution in [0, 0.1) is 0 Å². The van der Waals surface area contributed by atoms with Crippen LogP contribution in [0.5, 0.6) is 0 Å². The van der Waals surface area contributed by atoms with Crippen molar-refractivity contribution in [3.63, 3.8) is 0 Å². The van der Waals surface area contributed by atoms with E-state index in [1.54, 1.807) is 11.8 Å². The highest BCUT2D eigenvalue weighted by atomic mass is 32.2. The first kappa shape index (κ1) is 26.1. The van der Waals surface area contributed by atoms with E-state index in [1.807, 2.05) is 41.3 Å². The molecular formula is C28H38N2O3S. The molecule has 0 atom stereocenters. The summed E-state index contributed by atoms with van der Waals surface area (Å²) in [7, 11) is 0. The minimum atomic E-state index is -0.821. The zero-order chi connectivity index (χ0) is 24.2. The predicted octanol–water partition coefficient (Wildman–Crippen LogP) is 7.28. The SMILES string of the molecule is CCCCCCCN(C(=O)NC1CCCCC1)c1ccc(Sc2ccc(CC(=O)O)cc2)cc1. The summed E-state index contributed by atoms with van der Waals surface area (Å²) < 4.78 is 0. The average molecular weight is 483 g/mol. The minimum absolute atomic E-state index is 0.0248. The van der Waals surface area contributed by atoms with E-state index in [1.165, 1.54) is 38.5 Å². The third-order valence-corrected chi connectivity index (χ3v) is 7.34. The molecule has 0 bridgehead atoms. The highest BCUT2D eigenvalue weighted by Crippen LogP contribution is 2.30. The summed E-state index contributed by atoms with van der Waals surface area (Å²) in [6.07, 6.45) is 11.7. The number of carboxylic acid groups (broad SMARTS) is 1. The smallest absolute Gasteiger partial charge is 0.322 e. The van der Waals surface area contributed by atoms with Crippen LogP contribution in [0.25, 0.3) is 0 Å². The van der Waals surface area contributed by atoms with Crippen LogP contribution in [0.15, 0.2) is 58.3 Å². The molecule has 2 amide bonds. The number of unbranched alkanes of at least 4 members (excludes halogenated alkanes) is 4. The topological polar surface area (TPSA) is 69.6 Å². The Hall–Kier alpha value is -2.47. The van der Waals surface area contributed by atoms with Gasteiger partial charge in [-0.05, 0) is 61.2 Å². The number of carboxylic acids is 1. The number of nitrogens with one attached hydrogen (secondary N) is 1. The van der Waals surface area contributed by atoms with E-state index in [-0.39, 0.29) is 12.5 Å². The number of amides is 2. The van der Waals surface area contributed by atoms with Gasteiger partial charge in [-0.15, -0.1) is 0 Å². The minimum Gasteiger partial charge on any atom is -0.481 e. The lowest BCUT2D eigenvalue weighted by molar-refractivity contribution is -0.136. The molecule has 2 N–H and O–H groups in total. The van der Waals surface area contributed by atoms with Crippen LogP contribution in [0.3, 0.4) is 0 Å². The molecule has 34 heavy (non-hydrogen) atoms. The van der Waals surface area contributed by atoms with Crippen molar-refractivity contribution in [2.45, 2.75) is 93.4 Å². The summed E-state index contributed by atoms with van der Waals surface area (Å²) in [6.45, 7) is 2.95. The lowest BCUT2D eigenvalue weighted by Crippen LogP contribution is -2.46. The third kappa shape index (κ3) is 8.71. The number of hydrogen-bond acceptors (Lipinski definition) is 3. The van der Waals surface area contributed by atoms with E-state index in [0.717, 1.165) is 53.3 Å². The molecule has 2 aromatic carbocycles. The van der Waals surface area contributed by atoms with Crippen LogP contribution in [0.2, 0.25) is 0 Å². The van der Waals surface area contributed by atoms with Crippen LogP contribution >= 0.6 is 11.8 Å². The molecular weight excluding hydrogens is 444 g/mol. The summed E-state index contributed by atoms with van der Waals surface area (Å²) in [5.74, 6) is -0.821. The molecule has 0 saturated heterocycles. The summed E-state index contributed by atoms with van der Waals surface area (Å²) in [5.41, 5.74) is 1.73. The first-order valence-electron chi connectivity index (χ1n) is 12.7. The van der Waals surface area contributed by atoms with Crippen molar-refractivity contribution < 1.29 is 14.7 Å². The fourth-order valence-electron chi connectivity index (χ4n) is 4.40. The highest BCUT2D eigenvalue weighted by Gasteiger charge is 2.21. The van der Waals surface area contributed by atoms with Crippen molar-refractivity contribution in [2.75, 3.05) is 11.4 Å². The molecule has 0 heterocycles. The molecule has 3 rings (SSSR count). The first-order valence-corrected chi connectivity index (χ1v) is 13.5. The Morgan fingerprint density at radius 2 is 1.53 bits per heavy atom. The Balaban J connectivity index is 1.63. The second-order valence-corrected chi connectivity index (χ2v) is 10.3. The van der Waals surface area contributed by atoms with E-state index in [0.29, 0.717) is 6.04 Å². The Morgan fingerprint density at radius 3 is 2.15 bits per heavy atom. The van der Waals surface area contributed by atoms with Crippen LogP contribution in [-0.2, 0) is 11.2 Å². The largest absolute Gasteiger partial charge is 0.481 e. The van der Waals surface area contributed by atoms with Gasteiger partial charge < -0.3 is 10.4 Å². The second-order valence-electron chi connectivity index (χ2n) is 9.16. The lowest BCUT2D eigenvalue weighted by Gasteiger charge is -2.28. The molecule has 1 aliphatic carbocycles. The monoisotopic (exact) mass is 482 g/mol. The van der Waals surface area contributed by atoms with E-state index < -0.39 is 5.97 Å². The first-order chi connectivity index (χ1) is 16.5. The van der Waals surface area contributed by atoms with Gasteiger partial charge >= 0.3 is 12.0 Å². The van der Waals surface area contributed by atoms with Gasteiger partial charge in [0, 0.05) is 28.1 Å². The third-order valence-electron chi connectivity index (χ3n) is 6.33. The Labute approximate surface area is 208 Å². The number of hydrogen-bond donors (Lipinski definition) is 2. The van der Waals surface area contributed by atoms with Crippen LogP contribution in [0.4, 0.5) is 10.5 Å². The second kappa shape index (κ2) is 14.1. The van der Waals surface area contributed by atoms with Crippen LogP contribution in [-0.4, -0.2) is 29.7 Å². The van der Waals surface area contributed by atoms with Crippen molar-refractivity contribution in [1.82, 2.24) is 5.32 Å². The molecule has 0 aromatic heterocycles. The number of rotatable bonds is 12. The zero-order valence-corrected chi connectivity index (χ0v) is 21.1. The Bertz CT molecular complexity index is 893. The molecule has 0 unspecified atom stereocenters. The van der Waals surface area contributed by atoms with Crippen molar-refractivity contribution in [2.24, 2.45) is 0 Å². The average Bonchev–Trinajstić information content (AvgIpc) is 2.83. The summed E-state index contributed by atoms with van der Waals surface area (Å²) in [4.78, 5) is 28.1. The van der Waals surface area contributed by atoms with Crippen molar-refractivity contribution in [3.8, 4) is 0 Å². The maximum absolute atomic E-state index is 13.2. The maximum Gasteiger partial charge on any atom is 0.322 e. The summed E-state index contributed by atoms with van der Waals surface area (Å²) >= 11 is 1.63. The van der Waals surface area contributed by atoms with Gasteiger partial charge in [0.25, 0.3) is 0 Å². The number of carbonyl (C=O) groups excluding carboxylic acids is 1. The standard InChI is InChI=1S/C28H38N2O3S/c1-2-3-4-5-9-20-30(28(33)29-23-10-7-6-8-11-23)24-14-18-26(19-15-24)34-25-16-12-22(13-17-25)21-27(31)32/h12-19,23H,2-11,20-21H2,1H3,(H,29,33)(H,31,32). The van der Waals surface area contributed by atoms with Gasteiger partial charge in [0.1, 0.15) is 0 Å². The molecule has 2 aromatic rings. The number of nitrogens with zero attached hydrogens (tertiary/aromatic N) is 1. The maximum atomic E-state index is 13.2. The summed E-state index contributed by atoms with van der Waals surface area (Å²) in [5, 5.41) is 12.2. The molecule has 0 radical (unpaired) electrons. The molecule has 6 heteroatoms. The molecule has 1 aliphatic rings. The van der Waals surface area contributed by atoms with E-state index >= 15 is 0 Å². The number of benzene rings is 2. The predicted molar refractivity (Wildman–Crippen MR) is 140 cm³/mol. The fraction of sp³-hybridized carbons (Fsp3) is 0.500. The molecule has 1 fully saturated rings. The molecule has 1 saturated carbocycles. The van der Waals surface area contributed by atoms with Crippen LogP contribution in [0.1, 0.15) is 76.7 Å². The van der Waals surface area contributed by atoms with E-state index in [4.69, 9.17) is 5.11 Å². The van der Waals surface area contributed by atoms with Gasteiger partial charge in [0.2, 0.25) is 0 Å². The van der Waals surface area contributed by atoms with Crippen molar-refractivity contribution >= 4 is 29.4 Å². The molecule has 0 aliphatic heterocycles. The molecule has 0 spiro atoms. The van der Waals surface area contributed by atoms with Crippen molar-refractivity contribution in [1.29, 1.82) is 0 Å². The van der Waals surface area contributed by atoms with Crippen molar-refractivity contribution in [3.05, 3.63) is 54.1 Å². The van der Waals surface area contributed by atoms with E-state index in [2.05, 4.69) is 24.4 Å². The number of urea groups is 1. The summed E-state index contributed by atoms with van der Waals surface area (Å²) in [6, 6.07) is 16.1. The number of carbonyl (C=O) groups is 2. The zero-order valence-electron chi connectivity index (χ0n) is 20.3. The van der Waals surface area contributed by atoms with Gasteiger partial charge in [-0.2, -0.15) is 0 Å². The lowest BCUT2D eigenvalue weighted by atomic mass is 9.96. The van der Waals surface area contributed by atoms with Gasteiger partial charge in [0.15, 0.2) is 0 Å². The fourth-order valence-corrected chi connectivity index (χ4v) is 5.22. The van der Waals surface area contributed by atoms with Gasteiger partial charge in [0.05, 0.1) is 6.42 Å². The van der Waals surface area contributed by atoms with Gasteiger partial charge in [-0.25, -0.2) is 4.79 Å². The van der Waals surface area contributed by atoms with E-state index in [9.17, 15) is 9.59 Å². The Morgan fingerprint density at radius 1 is 0.912 bits per heavy atom. The Kier molecular flexibility index (Phi) is 10.8.